The number of fused-ring (bicyclic) bond motifs is 2. The Kier molecular flexibility index (Phi) is 2.15. The van der Waals surface area contributed by atoms with Gasteiger partial charge in [-0.3, -0.25) is 0 Å². The molecule has 0 fully saturated rings. The van der Waals surface area contributed by atoms with Crippen LogP contribution in [0.2, 0.25) is 0 Å². The van der Waals surface area contributed by atoms with Crippen LogP contribution in [0.4, 0.5) is 5.69 Å². The van der Waals surface area contributed by atoms with Crippen molar-refractivity contribution < 1.29 is 4.42 Å². The second-order valence-electron chi connectivity index (χ2n) is 5.08. The zero-order chi connectivity index (χ0) is 12.8. The highest BCUT2D eigenvalue weighted by Crippen LogP contribution is 2.30. The van der Waals surface area contributed by atoms with Crippen LogP contribution < -0.4 is 5.73 Å². The van der Waals surface area contributed by atoms with E-state index in [0.717, 1.165) is 23.1 Å². The predicted molar refractivity (Wildman–Crippen MR) is 75.9 cm³/mol. The van der Waals surface area contributed by atoms with Gasteiger partial charge < -0.3 is 10.2 Å². The van der Waals surface area contributed by atoms with Crippen LogP contribution in [0.5, 0.6) is 0 Å². The zero-order valence-corrected chi connectivity index (χ0v) is 10.5. The molecule has 0 spiro atoms. The normalized spacial score (nSPS) is 13.9. The first-order valence-electron chi connectivity index (χ1n) is 6.58. The van der Waals surface area contributed by atoms with Crippen LogP contribution >= 0.6 is 0 Å². The molecule has 0 saturated heterocycles. The standard InChI is InChI=1S/C16H14N2O/c17-13-6-7-14-15(9-13)19-16(18-14)12-5-4-10-2-1-3-11(10)8-12/h4-9H,1-3,17H2. The van der Waals surface area contributed by atoms with Gasteiger partial charge in [0.2, 0.25) is 5.89 Å². The molecule has 0 bridgehead atoms. The van der Waals surface area contributed by atoms with Gasteiger partial charge in [0.25, 0.3) is 0 Å². The Bertz CT molecular complexity index is 774. The first kappa shape index (κ1) is 10.6. The Morgan fingerprint density at radius 2 is 1.89 bits per heavy atom. The van der Waals surface area contributed by atoms with Crippen molar-refractivity contribution >= 4 is 16.8 Å². The molecule has 4 rings (SSSR count). The van der Waals surface area contributed by atoms with Crippen LogP contribution in [-0.2, 0) is 12.8 Å². The minimum absolute atomic E-state index is 0.676. The number of nitrogen functional groups attached to an aromatic ring is 1. The molecule has 0 atom stereocenters. The van der Waals surface area contributed by atoms with Crippen molar-refractivity contribution in [3.05, 3.63) is 47.5 Å². The number of rotatable bonds is 1. The van der Waals surface area contributed by atoms with Crippen LogP contribution in [0, 0.1) is 0 Å². The molecule has 3 aromatic rings. The summed E-state index contributed by atoms with van der Waals surface area (Å²) in [6.07, 6.45) is 3.61. The maximum absolute atomic E-state index is 5.80. The molecule has 0 aliphatic heterocycles. The molecule has 1 heterocycles. The molecule has 1 aromatic heterocycles. The fraction of sp³-hybridized carbons (Fsp3) is 0.188. The molecule has 0 unspecified atom stereocenters. The van der Waals surface area contributed by atoms with E-state index in [1.54, 1.807) is 0 Å². The Labute approximate surface area is 111 Å². The SMILES string of the molecule is Nc1ccc2nc(-c3ccc4c(c3)CCC4)oc2c1. The van der Waals surface area contributed by atoms with Crippen molar-refractivity contribution in [2.24, 2.45) is 0 Å². The van der Waals surface area contributed by atoms with E-state index in [4.69, 9.17) is 10.2 Å². The van der Waals surface area contributed by atoms with E-state index in [-0.39, 0.29) is 0 Å². The molecule has 0 saturated carbocycles. The lowest BCUT2D eigenvalue weighted by Gasteiger charge is -2.00. The molecule has 0 amide bonds. The summed E-state index contributed by atoms with van der Waals surface area (Å²) >= 11 is 0. The molecule has 3 nitrogen and oxygen atoms in total. The van der Waals surface area contributed by atoms with E-state index in [2.05, 4.69) is 23.2 Å². The maximum atomic E-state index is 5.80. The number of oxazole rings is 1. The molecular weight excluding hydrogens is 236 g/mol. The average Bonchev–Trinajstić information content (AvgIpc) is 3.02. The van der Waals surface area contributed by atoms with E-state index < -0.39 is 0 Å². The van der Waals surface area contributed by atoms with Crippen LogP contribution in [0.3, 0.4) is 0 Å². The number of anilines is 1. The summed E-state index contributed by atoms with van der Waals surface area (Å²) in [4.78, 5) is 4.53. The number of hydrogen-bond acceptors (Lipinski definition) is 3. The van der Waals surface area contributed by atoms with E-state index in [1.807, 2.05) is 18.2 Å². The van der Waals surface area contributed by atoms with E-state index >= 15 is 0 Å². The van der Waals surface area contributed by atoms with Gasteiger partial charge >= 0.3 is 0 Å². The molecule has 1 aliphatic carbocycles. The van der Waals surface area contributed by atoms with Gasteiger partial charge in [0.05, 0.1) is 0 Å². The molecule has 2 N–H and O–H groups in total. The van der Waals surface area contributed by atoms with Crippen molar-refractivity contribution in [3.8, 4) is 11.5 Å². The molecule has 19 heavy (non-hydrogen) atoms. The quantitative estimate of drug-likeness (QED) is 0.672. The summed E-state index contributed by atoms with van der Waals surface area (Å²) in [6.45, 7) is 0. The van der Waals surface area contributed by atoms with E-state index in [1.165, 1.54) is 24.0 Å². The fourth-order valence-corrected chi connectivity index (χ4v) is 2.77. The Balaban J connectivity index is 1.85. The third-order valence-electron chi connectivity index (χ3n) is 3.76. The lowest BCUT2D eigenvalue weighted by Crippen LogP contribution is -1.84. The largest absolute Gasteiger partial charge is 0.436 e. The number of hydrogen-bond donors (Lipinski definition) is 1. The summed E-state index contributed by atoms with van der Waals surface area (Å²) in [7, 11) is 0. The van der Waals surface area contributed by atoms with Gasteiger partial charge in [-0.1, -0.05) is 6.07 Å². The lowest BCUT2D eigenvalue weighted by molar-refractivity contribution is 0.620. The Morgan fingerprint density at radius 1 is 1.00 bits per heavy atom. The maximum Gasteiger partial charge on any atom is 0.227 e. The molecule has 2 aromatic carbocycles. The number of aryl methyl sites for hydroxylation is 2. The lowest BCUT2D eigenvalue weighted by atomic mass is 10.1. The van der Waals surface area contributed by atoms with Gasteiger partial charge in [-0.2, -0.15) is 0 Å². The van der Waals surface area contributed by atoms with Gasteiger partial charge in [-0.05, 0) is 54.7 Å². The molecule has 3 heteroatoms. The fourth-order valence-electron chi connectivity index (χ4n) is 2.77. The van der Waals surface area contributed by atoms with Gasteiger partial charge in [-0.25, -0.2) is 4.98 Å². The first-order valence-corrected chi connectivity index (χ1v) is 6.58. The average molecular weight is 250 g/mol. The van der Waals surface area contributed by atoms with E-state index in [9.17, 15) is 0 Å². The minimum atomic E-state index is 0.676. The number of benzene rings is 2. The molecular formula is C16H14N2O. The molecule has 1 aliphatic rings. The van der Waals surface area contributed by atoms with Crippen LogP contribution in [0.25, 0.3) is 22.6 Å². The highest BCUT2D eigenvalue weighted by Gasteiger charge is 2.14. The van der Waals surface area contributed by atoms with Crippen molar-refractivity contribution in [1.29, 1.82) is 0 Å². The number of nitrogens with zero attached hydrogens (tertiary/aromatic N) is 1. The highest BCUT2D eigenvalue weighted by atomic mass is 16.3. The number of nitrogens with two attached hydrogens (primary N) is 1. The van der Waals surface area contributed by atoms with Crippen LogP contribution in [-0.4, -0.2) is 4.98 Å². The van der Waals surface area contributed by atoms with Crippen molar-refractivity contribution in [2.45, 2.75) is 19.3 Å². The smallest absolute Gasteiger partial charge is 0.227 e. The number of aromatic nitrogens is 1. The summed E-state index contributed by atoms with van der Waals surface area (Å²) in [5, 5.41) is 0. The molecule has 0 radical (unpaired) electrons. The van der Waals surface area contributed by atoms with Gasteiger partial charge in [0.1, 0.15) is 5.52 Å². The summed E-state index contributed by atoms with van der Waals surface area (Å²) in [6, 6.07) is 12.1. The Morgan fingerprint density at radius 3 is 2.84 bits per heavy atom. The third kappa shape index (κ3) is 1.70. The second kappa shape index (κ2) is 3.85. The second-order valence-corrected chi connectivity index (χ2v) is 5.08. The van der Waals surface area contributed by atoms with E-state index in [0.29, 0.717) is 11.6 Å². The Hall–Kier alpha value is -2.29. The third-order valence-corrected chi connectivity index (χ3v) is 3.76. The summed E-state index contributed by atoms with van der Waals surface area (Å²) < 4.78 is 5.80. The van der Waals surface area contributed by atoms with Crippen molar-refractivity contribution in [3.63, 3.8) is 0 Å². The van der Waals surface area contributed by atoms with Crippen molar-refractivity contribution in [1.82, 2.24) is 4.98 Å². The monoisotopic (exact) mass is 250 g/mol. The summed E-state index contributed by atoms with van der Waals surface area (Å²) in [5.74, 6) is 0.676. The first-order chi connectivity index (χ1) is 9.29. The topological polar surface area (TPSA) is 52.0 Å². The summed E-state index contributed by atoms with van der Waals surface area (Å²) in [5.41, 5.74) is 12.0. The zero-order valence-electron chi connectivity index (χ0n) is 10.5. The van der Waals surface area contributed by atoms with Gasteiger partial charge in [-0.15, -0.1) is 0 Å². The predicted octanol–water partition coefficient (Wildman–Crippen LogP) is 3.57. The minimum Gasteiger partial charge on any atom is -0.436 e. The molecule has 94 valence electrons. The van der Waals surface area contributed by atoms with Crippen LogP contribution in [0.1, 0.15) is 17.5 Å². The van der Waals surface area contributed by atoms with Gasteiger partial charge in [0, 0.05) is 17.3 Å². The van der Waals surface area contributed by atoms with Crippen molar-refractivity contribution in [2.75, 3.05) is 5.73 Å². The highest BCUT2D eigenvalue weighted by molar-refractivity contribution is 5.79. The van der Waals surface area contributed by atoms with Crippen LogP contribution in [0.15, 0.2) is 40.8 Å². The van der Waals surface area contributed by atoms with Gasteiger partial charge in [0.15, 0.2) is 5.58 Å².